The van der Waals surface area contributed by atoms with E-state index in [0.29, 0.717) is 31.7 Å². The van der Waals surface area contributed by atoms with Crippen LogP contribution in [0.5, 0.6) is 0 Å². The van der Waals surface area contributed by atoms with Crippen LogP contribution < -0.4 is 5.32 Å². The molecule has 4 atom stereocenters. The maximum Gasteiger partial charge on any atom is 0.419 e. The molecular weight excluding hydrogens is 526 g/mol. The van der Waals surface area contributed by atoms with Crippen molar-refractivity contribution >= 4 is 21.7 Å². The third kappa shape index (κ3) is 4.48. The molecule has 0 bridgehead atoms. The van der Waals surface area contributed by atoms with Crippen LogP contribution in [-0.4, -0.2) is 47.4 Å². The Hall–Kier alpha value is -3.28. The minimum absolute atomic E-state index is 0.0246. The fourth-order valence-corrected chi connectivity index (χ4v) is 6.90. The second-order valence-electron chi connectivity index (χ2n) is 10.3. The molecular formula is C26H23F4N3O4S. The van der Waals surface area contributed by atoms with Crippen molar-refractivity contribution in [3.8, 4) is 0 Å². The molecule has 6 rings (SSSR count). The lowest BCUT2D eigenvalue weighted by atomic mass is 10.0. The van der Waals surface area contributed by atoms with Gasteiger partial charge in [-0.05, 0) is 67.4 Å². The lowest BCUT2D eigenvalue weighted by molar-refractivity contribution is -0.140. The standard InChI is InChI=1S/C26H23F4N3O4S/c27-20-8-14(3-6-19(20)26(28,29)30)23(13-1-2-13)32-24(34)22-10-15-9-21(15)33(22)25(35)16-7-18(12-31-11-16)38(36,37)17-4-5-17/h1,3,6-8,11-12,15,17,21-23H,2,4-5,9-10H2,(H,32,34)/t15-,21-,22-,23-/m1/s1. The number of halogens is 4. The summed E-state index contributed by atoms with van der Waals surface area (Å²) in [5.41, 5.74) is -0.400. The summed E-state index contributed by atoms with van der Waals surface area (Å²) in [6, 6.07) is 2.04. The maximum atomic E-state index is 14.3. The lowest BCUT2D eigenvalue weighted by Crippen LogP contribution is -2.48. The normalized spacial score (nSPS) is 24.9. The van der Waals surface area contributed by atoms with Gasteiger partial charge in [0.1, 0.15) is 11.9 Å². The molecule has 3 fully saturated rings. The number of carbonyl (C=O) groups excluding carboxylic acids is 2. The number of sulfone groups is 1. The minimum Gasteiger partial charge on any atom is -0.344 e. The maximum absolute atomic E-state index is 14.3. The van der Waals surface area contributed by atoms with E-state index in [0.717, 1.165) is 24.1 Å². The predicted octanol–water partition coefficient (Wildman–Crippen LogP) is 3.97. The highest BCUT2D eigenvalue weighted by molar-refractivity contribution is 7.92. The third-order valence-corrected chi connectivity index (χ3v) is 9.85. The van der Waals surface area contributed by atoms with Crippen molar-refractivity contribution in [2.24, 2.45) is 5.92 Å². The van der Waals surface area contributed by atoms with Gasteiger partial charge in [0, 0.05) is 18.4 Å². The van der Waals surface area contributed by atoms with Crippen molar-refractivity contribution in [1.29, 1.82) is 0 Å². The molecule has 4 aliphatic rings. The van der Waals surface area contributed by atoms with Crippen molar-refractivity contribution in [2.75, 3.05) is 0 Å². The van der Waals surface area contributed by atoms with Gasteiger partial charge < -0.3 is 10.2 Å². The highest BCUT2D eigenvalue weighted by Crippen LogP contribution is 2.49. The van der Waals surface area contributed by atoms with Gasteiger partial charge >= 0.3 is 6.18 Å². The molecule has 0 spiro atoms. The van der Waals surface area contributed by atoms with Gasteiger partial charge in [-0.15, -0.1) is 0 Å². The Morgan fingerprint density at radius 1 is 1.11 bits per heavy atom. The Morgan fingerprint density at radius 2 is 1.84 bits per heavy atom. The lowest BCUT2D eigenvalue weighted by Gasteiger charge is -2.29. The minimum atomic E-state index is -4.84. The topological polar surface area (TPSA) is 96.4 Å². The molecule has 2 amide bonds. The molecule has 38 heavy (non-hydrogen) atoms. The number of aromatic nitrogens is 1. The van der Waals surface area contributed by atoms with Gasteiger partial charge in [-0.2, -0.15) is 13.2 Å². The molecule has 0 unspecified atom stereocenters. The van der Waals surface area contributed by atoms with Gasteiger partial charge in [0.15, 0.2) is 9.84 Å². The van der Waals surface area contributed by atoms with E-state index in [4.69, 9.17) is 0 Å². The van der Waals surface area contributed by atoms with Crippen LogP contribution >= 0.6 is 0 Å². The summed E-state index contributed by atoms with van der Waals surface area (Å²) in [6.45, 7) is 0. The van der Waals surface area contributed by atoms with Crippen LogP contribution in [-0.2, 0) is 20.8 Å². The van der Waals surface area contributed by atoms with E-state index >= 15 is 0 Å². The Balaban J connectivity index is 1.23. The highest BCUT2D eigenvalue weighted by Gasteiger charge is 2.56. The number of piperidine rings is 1. The van der Waals surface area contributed by atoms with Gasteiger partial charge in [0.25, 0.3) is 5.91 Å². The number of amides is 2. The van der Waals surface area contributed by atoms with Crippen molar-refractivity contribution in [1.82, 2.24) is 15.2 Å². The Bertz CT molecular complexity index is 1490. The SMILES string of the molecule is O=C(N[C@H](C1=CC1)c1ccc(C(F)(F)F)c(F)c1)[C@H]1C[C@H]2C[C@H]2N1C(=O)c1cncc(S(=O)(=O)C2CC2)c1. The van der Waals surface area contributed by atoms with Gasteiger partial charge in [-0.1, -0.05) is 12.1 Å². The summed E-state index contributed by atoms with van der Waals surface area (Å²) in [7, 11) is -3.56. The summed E-state index contributed by atoms with van der Waals surface area (Å²) in [4.78, 5) is 32.3. The number of hydrogen-bond acceptors (Lipinski definition) is 5. The second-order valence-corrected chi connectivity index (χ2v) is 12.6. The van der Waals surface area contributed by atoms with Gasteiger partial charge in [-0.25, -0.2) is 12.8 Å². The highest BCUT2D eigenvalue weighted by atomic mass is 32.2. The van der Waals surface area contributed by atoms with Gasteiger partial charge in [0.2, 0.25) is 5.91 Å². The number of hydrogen-bond donors (Lipinski definition) is 1. The first-order valence-corrected chi connectivity index (χ1v) is 13.9. The number of rotatable bonds is 7. The summed E-state index contributed by atoms with van der Waals surface area (Å²) in [6.07, 6.45) is 2.24. The largest absolute Gasteiger partial charge is 0.419 e. The van der Waals surface area contributed by atoms with Crippen LogP contribution in [0.15, 0.2) is 53.2 Å². The number of carbonyl (C=O) groups is 2. The van der Waals surface area contributed by atoms with Crippen molar-refractivity contribution in [3.05, 3.63) is 70.8 Å². The van der Waals surface area contributed by atoms with Crippen molar-refractivity contribution < 1.29 is 35.6 Å². The molecule has 2 heterocycles. The van der Waals surface area contributed by atoms with Crippen LogP contribution in [0.2, 0.25) is 0 Å². The Morgan fingerprint density at radius 3 is 2.47 bits per heavy atom. The number of pyridine rings is 1. The van der Waals surface area contributed by atoms with E-state index < -0.39 is 56.5 Å². The zero-order chi connectivity index (χ0) is 27.0. The molecule has 3 aliphatic carbocycles. The zero-order valence-corrected chi connectivity index (χ0v) is 20.7. The monoisotopic (exact) mass is 549 g/mol. The average molecular weight is 550 g/mol. The number of nitrogens with zero attached hydrogens (tertiary/aromatic N) is 2. The number of nitrogens with one attached hydrogen (secondary N) is 1. The first-order chi connectivity index (χ1) is 17.9. The average Bonchev–Trinajstić information content (AvgIpc) is 3.72. The zero-order valence-electron chi connectivity index (χ0n) is 19.9. The molecule has 7 nitrogen and oxygen atoms in total. The molecule has 1 aromatic carbocycles. The Labute approximate surface area is 215 Å². The molecule has 1 N–H and O–H groups in total. The second kappa shape index (κ2) is 8.62. The quantitative estimate of drug-likeness (QED) is 0.417. The van der Waals surface area contributed by atoms with Crippen LogP contribution in [0, 0.1) is 11.7 Å². The fourth-order valence-electron chi connectivity index (χ4n) is 5.26. The van der Waals surface area contributed by atoms with Gasteiger partial charge in [0.05, 0.1) is 27.3 Å². The predicted molar refractivity (Wildman–Crippen MR) is 126 cm³/mol. The summed E-state index contributed by atoms with van der Waals surface area (Å²) < 4.78 is 78.5. The van der Waals surface area contributed by atoms with Gasteiger partial charge in [-0.3, -0.25) is 14.6 Å². The van der Waals surface area contributed by atoms with E-state index in [2.05, 4.69) is 10.3 Å². The van der Waals surface area contributed by atoms with Crippen LogP contribution in [0.4, 0.5) is 17.6 Å². The molecule has 0 radical (unpaired) electrons. The molecule has 200 valence electrons. The van der Waals surface area contributed by atoms with E-state index in [-0.39, 0.29) is 28.0 Å². The molecule has 1 saturated heterocycles. The molecule has 12 heteroatoms. The van der Waals surface area contributed by atoms with E-state index in [1.54, 1.807) is 6.08 Å². The number of alkyl halides is 3. The summed E-state index contributed by atoms with van der Waals surface area (Å²) in [5.74, 6) is -2.30. The van der Waals surface area contributed by atoms with Crippen LogP contribution in [0.1, 0.15) is 59.6 Å². The van der Waals surface area contributed by atoms with Crippen LogP contribution in [0.3, 0.4) is 0 Å². The van der Waals surface area contributed by atoms with Crippen molar-refractivity contribution in [2.45, 2.75) is 66.6 Å². The number of allylic oxidation sites excluding steroid dienone is 1. The van der Waals surface area contributed by atoms with E-state index in [9.17, 15) is 35.6 Å². The smallest absolute Gasteiger partial charge is 0.344 e. The third-order valence-electron chi connectivity index (χ3n) is 7.62. The molecule has 1 aliphatic heterocycles. The first-order valence-electron chi connectivity index (χ1n) is 12.3. The van der Waals surface area contributed by atoms with Crippen molar-refractivity contribution in [3.63, 3.8) is 0 Å². The van der Waals surface area contributed by atoms with E-state index in [1.807, 2.05) is 0 Å². The number of fused-ring (bicyclic) bond motifs is 1. The van der Waals surface area contributed by atoms with Crippen LogP contribution in [0.25, 0.3) is 0 Å². The summed E-state index contributed by atoms with van der Waals surface area (Å²) >= 11 is 0. The molecule has 1 aromatic heterocycles. The van der Waals surface area contributed by atoms with E-state index in [1.165, 1.54) is 23.4 Å². The molecule has 2 aromatic rings. The first kappa shape index (κ1) is 25.0. The Kier molecular flexibility index (Phi) is 5.68. The fraction of sp³-hybridized carbons (Fsp3) is 0.423. The molecule has 2 saturated carbocycles. The summed E-state index contributed by atoms with van der Waals surface area (Å²) in [5, 5.41) is 2.34. The number of benzene rings is 1. The number of likely N-dealkylation sites (tertiary alicyclic amines) is 1.